The maximum absolute atomic E-state index is 13.6. The maximum atomic E-state index is 13.6. The van der Waals surface area contributed by atoms with E-state index in [0.29, 0.717) is 11.5 Å². The molecule has 0 saturated heterocycles. The largest absolute Gasteiger partial charge is 0.282 e. The van der Waals surface area contributed by atoms with E-state index in [0.717, 1.165) is 34.0 Å². The lowest BCUT2D eigenvalue weighted by atomic mass is 10.1. The van der Waals surface area contributed by atoms with Gasteiger partial charge >= 0.3 is 0 Å². The van der Waals surface area contributed by atoms with Crippen molar-refractivity contribution in [2.24, 2.45) is 4.99 Å². The zero-order valence-electron chi connectivity index (χ0n) is 17.3. The van der Waals surface area contributed by atoms with Crippen LogP contribution in [-0.2, 0) is 11.2 Å². The third-order valence-electron chi connectivity index (χ3n) is 5.59. The number of aliphatic imine (C=N–C) groups is 1. The number of nitrogens with zero attached hydrogens (tertiary/aromatic N) is 2. The summed E-state index contributed by atoms with van der Waals surface area (Å²) in [5, 5.41) is 2.11. The van der Waals surface area contributed by atoms with Crippen molar-refractivity contribution in [2.45, 2.75) is 13.3 Å². The second kappa shape index (κ2) is 8.04. The van der Waals surface area contributed by atoms with Gasteiger partial charge in [-0.15, -0.1) is 0 Å². The zero-order valence-corrected chi connectivity index (χ0v) is 17.3. The van der Waals surface area contributed by atoms with Crippen LogP contribution in [0.5, 0.6) is 0 Å². The highest BCUT2D eigenvalue weighted by molar-refractivity contribution is 6.34. The van der Waals surface area contributed by atoms with Gasteiger partial charge in [-0.1, -0.05) is 97.9 Å². The van der Waals surface area contributed by atoms with Crippen LogP contribution in [0.2, 0.25) is 0 Å². The number of amides is 1. The molecule has 4 aromatic carbocycles. The van der Waals surface area contributed by atoms with Crippen molar-refractivity contribution < 1.29 is 4.79 Å². The first-order valence-corrected chi connectivity index (χ1v) is 10.5. The van der Waals surface area contributed by atoms with Gasteiger partial charge in [-0.05, 0) is 35.1 Å². The van der Waals surface area contributed by atoms with Crippen molar-refractivity contribution in [1.82, 2.24) is 0 Å². The lowest BCUT2D eigenvalue weighted by Crippen LogP contribution is -2.32. The van der Waals surface area contributed by atoms with Crippen LogP contribution in [0.15, 0.2) is 108 Å². The smallest absolute Gasteiger partial charge is 0.266 e. The Kier molecular flexibility index (Phi) is 4.93. The van der Waals surface area contributed by atoms with Gasteiger partial charge in [0, 0.05) is 10.9 Å². The van der Waals surface area contributed by atoms with E-state index in [1.165, 1.54) is 5.56 Å². The highest BCUT2D eigenvalue weighted by Gasteiger charge is 2.33. The van der Waals surface area contributed by atoms with Crippen LogP contribution in [0.3, 0.4) is 0 Å². The molecule has 0 bridgehead atoms. The predicted molar refractivity (Wildman–Crippen MR) is 128 cm³/mol. The molecular weight excluding hydrogens is 380 g/mol. The van der Waals surface area contributed by atoms with E-state index in [1.807, 2.05) is 78.9 Å². The van der Waals surface area contributed by atoms with Gasteiger partial charge in [0.05, 0.1) is 5.69 Å². The van der Waals surface area contributed by atoms with Crippen LogP contribution >= 0.6 is 0 Å². The van der Waals surface area contributed by atoms with Crippen LogP contribution in [0.1, 0.15) is 23.6 Å². The highest BCUT2D eigenvalue weighted by atomic mass is 16.2. The molecular formula is C28H22N2O. The molecule has 0 aliphatic carbocycles. The summed E-state index contributed by atoms with van der Waals surface area (Å²) in [6.07, 6.45) is 2.86. The van der Waals surface area contributed by atoms with E-state index in [4.69, 9.17) is 4.99 Å². The molecule has 150 valence electrons. The van der Waals surface area contributed by atoms with Gasteiger partial charge in [-0.3, -0.25) is 9.69 Å². The number of aryl methyl sites for hydroxylation is 1. The third kappa shape index (κ3) is 3.55. The number of carbonyl (C=O) groups excluding carboxylic acids is 1. The summed E-state index contributed by atoms with van der Waals surface area (Å²) in [4.78, 5) is 20.1. The van der Waals surface area contributed by atoms with Gasteiger partial charge in [0.2, 0.25) is 0 Å². The van der Waals surface area contributed by atoms with Gasteiger partial charge in [-0.25, -0.2) is 4.99 Å². The molecule has 5 rings (SSSR count). The second-order valence-corrected chi connectivity index (χ2v) is 7.56. The fourth-order valence-electron chi connectivity index (χ4n) is 3.93. The Morgan fingerprint density at radius 3 is 2.29 bits per heavy atom. The van der Waals surface area contributed by atoms with Crippen molar-refractivity contribution in [1.29, 1.82) is 0 Å². The maximum Gasteiger partial charge on any atom is 0.282 e. The number of amidine groups is 1. The fraction of sp³-hybridized carbons (Fsp3) is 0.0714. The van der Waals surface area contributed by atoms with Gasteiger partial charge in [0.25, 0.3) is 5.91 Å². The molecule has 1 aliphatic rings. The van der Waals surface area contributed by atoms with E-state index in [1.54, 1.807) is 4.90 Å². The molecule has 1 heterocycles. The number of carbonyl (C=O) groups is 1. The molecule has 0 fully saturated rings. The lowest BCUT2D eigenvalue weighted by Gasteiger charge is -2.20. The number of hydrogen-bond acceptors (Lipinski definition) is 2. The van der Waals surface area contributed by atoms with Crippen molar-refractivity contribution in [3.8, 4) is 0 Å². The molecule has 3 nitrogen and oxygen atoms in total. The number of hydrogen-bond donors (Lipinski definition) is 0. The molecule has 0 atom stereocenters. The Bertz CT molecular complexity index is 1310. The summed E-state index contributed by atoms with van der Waals surface area (Å²) in [6, 6.07) is 32.3. The van der Waals surface area contributed by atoms with Gasteiger partial charge in [0.1, 0.15) is 11.5 Å². The number of fused-ring (bicyclic) bond motifs is 1. The van der Waals surface area contributed by atoms with Crippen LogP contribution in [0.25, 0.3) is 16.8 Å². The van der Waals surface area contributed by atoms with E-state index < -0.39 is 0 Å². The Hall–Kier alpha value is -3.98. The van der Waals surface area contributed by atoms with Gasteiger partial charge in [-0.2, -0.15) is 0 Å². The van der Waals surface area contributed by atoms with E-state index in [2.05, 4.69) is 31.2 Å². The monoisotopic (exact) mass is 402 g/mol. The van der Waals surface area contributed by atoms with E-state index in [9.17, 15) is 4.79 Å². The normalized spacial score (nSPS) is 15.0. The first kappa shape index (κ1) is 19.0. The summed E-state index contributed by atoms with van der Waals surface area (Å²) in [7, 11) is 0. The van der Waals surface area contributed by atoms with Crippen LogP contribution in [0.4, 0.5) is 5.69 Å². The summed E-state index contributed by atoms with van der Waals surface area (Å²) in [5.74, 6) is 0.535. The Balaban J connectivity index is 1.65. The number of benzene rings is 4. The molecule has 0 radical (unpaired) electrons. The minimum absolute atomic E-state index is 0.116. The van der Waals surface area contributed by atoms with Crippen molar-refractivity contribution in [2.75, 3.05) is 4.90 Å². The molecule has 0 unspecified atom stereocenters. The SMILES string of the molecule is CCc1ccc(/C=C2/N=C(c3ccccc3)N(c3cccc4ccccc34)C2=O)cc1. The fourth-order valence-corrected chi connectivity index (χ4v) is 3.93. The molecule has 31 heavy (non-hydrogen) atoms. The van der Waals surface area contributed by atoms with Gasteiger partial charge < -0.3 is 0 Å². The Morgan fingerprint density at radius 2 is 1.52 bits per heavy atom. The first-order valence-electron chi connectivity index (χ1n) is 10.5. The molecule has 0 spiro atoms. The van der Waals surface area contributed by atoms with Crippen molar-refractivity contribution in [3.63, 3.8) is 0 Å². The zero-order chi connectivity index (χ0) is 21.2. The summed E-state index contributed by atoms with van der Waals surface area (Å²) < 4.78 is 0. The molecule has 1 aliphatic heterocycles. The minimum atomic E-state index is -0.116. The molecule has 1 amide bonds. The predicted octanol–water partition coefficient (Wildman–Crippen LogP) is 6.24. The number of anilines is 1. The topological polar surface area (TPSA) is 32.7 Å². The Morgan fingerprint density at radius 1 is 0.806 bits per heavy atom. The summed E-state index contributed by atoms with van der Waals surface area (Å²) in [6.45, 7) is 2.13. The van der Waals surface area contributed by atoms with E-state index >= 15 is 0 Å². The van der Waals surface area contributed by atoms with Crippen molar-refractivity contribution in [3.05, 3.63) is 119 Å². The standard InChI is InChI=1S/C28H22N2O/c1-2-20-15-17-21(18-16-20)19-25-28(31)30(27(29-25)23-10-4-3-5-11-23)26-14-8-12-22-9-6-7-13-24(22)26/h3-19H,2H2,1H3/b25-19+. The average Bonchev–Trinajstić information content (AvgIpc) is 3.15. The molecule has 0 N–H and O–H groups in total. The highest BCUT2D eigenvalue weighted by Crippen LogP contribution is 2.33. The van der Waals surface area contributed by atoms with Crippen LogP contribution in [0, 0.1) is 0 Å². The van der Waals surface area contributed by atoms with Gasteiger partial charge in [0.15, 0.2) is 0 Å². The average molecular weight is 402 g/mol. The first-order chi connectivity index (χ1) is 15.2. The summed E-state index contributed by atoms with van der Waals surface area (Å²) >= 11 is 0. The molecule has 0 saturated carbocycles. The molecule has 4 aromatic rings. The third-order valence-corrected chi connectivity index (χ3v) is 5.59. The Labute approximate surface area is 182 Å². The summed E-state index contributed by atoms with van der Waals surface area (Å²) in [5.41, 5.74) is 4.43. The minimum Gasteiger partial charge on any atom is -0.266 e. The van der Waals surface area contributed by atoms with Crippen LogP contribution in [-0.4, -0.2) is 11.7 Å². The quantitative estimate of drug-likeness (QED) is 0.372. The molecule has 0 aromatic heterocycles. The lowest BCUT2D eigenvalue weighted by molar-refractivity contribution is -0.113. The number of rotatable bonds is 4. The van der Waals surface area contributed by atoms with Crippen molar-refractivity contribution >= 4 is 34.3 Å². The van der Waals surface area contributed by atoms with E-state index in [-0.39, 0.29) is 5.91 Å². The second-order valence-electron chi connectivity index (χ2n) is 7.56. The molecule has 3 heteroatoms. The van der Waals surface area contributed by atoms with Crippen LogP contribution < -0.4 is 4.90 Å².